The Bertz CT molecular complexity index is 716. The summed E-state index contributed by atoms with van der Waals surface area (Å²) in [6, 6.07) is 18.5. The normalized spacial score (nSPS) is 12.1. The van der Waals surface area contributed by atoms with E-state index < -0.39 is 5.97 Å². The molecule has 0 aliphatic carbocycles. The highest BCUT2D eigenvalue weighted by atomic mass is 16.5. The third-order valence-corrected chi connectivity index (χ3v) is 4.95. The van der Waals surface area contributed by atoms with Crippen LogP contribution in [-0.4, -0.2) is 54.9 Å². The van der Waals surface area contributed by atoms with Crippen molar-refractivity contribution in [3.8, 4) is 5.75 Å². The second-order valence-corrected chi connectivity index (χ2v) is 7.03. The van der Waals surface area contributed by atoms with Crippen LogP contribution < -0.4 is 4.74 Å². The first kappa shape index (κ1) is 22.9. The van der Waals surface area contributed by atoms with Crippen molar-refractivity contribution >= 4 is 5.97 Å². The van der Waals surface area contributed by atoms with Crippen LogP contribution in [0, 0.1) is 0 Å². The lowest BCUT2D eigenvalue weighted by Gasteiger charge is -2.26. The zero-order chi connectivity index (χ0) is 20.9. The number of hydrogen-bond donors (Lipinski definition) is 1. The number of aryl methyl sites for hydroxylation is 2. The highest BCUT2D eigenvalue weighted by Gasteiger charge is 2.16. The minimum absolute atomic E-state index is 0.00239. The Kier molecular flexibility index (Phi) is 10.2. The fourth-order valence-corrected chi connectivity index (χ4v) is 3.19. The van der Waals surface area contributed by atoms with Gasteiger partial charge in [0.2, 0.25) is 0 Å². The molecule has 158 valence electrons. The van der Waals surface area contributed by atoms with Crippen molar-refractivity contribution in [3.63, 3.8) is 0 Å². The number of nitrogens with zero attached hydrogens (tertiary/aromatic N) is 1. The van der Waals surface area contributed by atoms with Gasteiger partial charge in [0.1, 0.15) is 18.5 Å². The predicted molar refractivity (Wildman–Crippen MR) is 116 cm³/mol. The maximum atomic E-state index is 10.8. The van der Waals surface area contributed by atoms with E-state index in [1.807, 2.05) is 24.3 Å². The molecule has 1 atom stereocenters. The van der Waals surface area contributed by atoms with Crippen molar-refractivity contribution in [1.29, 1.82) is 0 Å². The Balaban J connectivity index is 1.96. The van der Waals surface area contributed by atoms with Crippen LogP contribution in [0.15, 0.2) is 54.6 Å². The molecule has 0 aliphatic rings. The van der Waals surface area contributed by atoms with Gasteiger partial charge in [-0.05, 0) is 43.1 Å². The molecule has 0 bridgehead atoms. The number of aliphatic carboxylic acids is 1. The molecule has 1 N–H and O–H groups in total. The molecule has 1 unspecified atom stereocenters. The van der Waals surface area contributed by atoms with Crippen molar-refractivity contribution in [2.24, 2.45) is 0 Å². The summed E-state index contributed by atoms with van der Waals surface area (Å²) in [7, 11) is 0. The molecule has 0 spiro atoms. The van der Waals surface area contributed by atoms with Crippen LogP contribution in [-0.2, 0) is 22.4 Å². The molecule has 0 aliphatic heterocycles. The molecule has 2 rings (SSSR count). The molecule has 0 radical (unpaired) electrons. The molecule has 29 heavy (non-hydrogen) atoms. The van der Waals surface area contributed by atoms with Crippen molar-refractivity contribution in [3.05, 3.63) is 65.7 Å². The average Bonchev–Trinajstić information content (AvgIpc) is 2.74. The Morgan fingerprint density at radius 3 is 2.38 bits per heavy atom. The minimum atomic E-state index is -0.848. The first-order valence-electron chi connectivity index (χ1n) is 10.4. The number of hydrogen-bond acceptors (Lipinski definition) is 4. The number of likely N-dealkylation sites (N-methyl/N-ethyl adjacent to an activating group) is 1. The van der Waals surface area contributed by atoms with Crippen LogP contribution >= 0.6 is 0 Å². The van der Waals surface area contributed by atoms with Crippen LogP contribution in [0.25, 0.3) is 0 Å². The van der Waals surface area contributed by atoms with E-state index in [1.165, 1.54) is 11.1 Å². The Hall–Kier alpha value is -2.37. The highest BCUT2D eigenvalue weighted by molar-refractivity contribution is 5.66. The van der Waals surface area contributed by atoms with Crippen molar-refractivity contribution < 1.29 is 19.4 Å². The smallest absolute Gasteiger partial charge is 0.305 e. The lowest BCUT2D eigenvalue weighted by atomic mass is 10.0. The van der Waals surface area contributed by atoms with Gasteiger partial charge in [0.05, 0.1) is 13.0 Å². The molecule has 0 fully saturated rings. The van der Waals surface area contributed by atoms with Gasteiger partial charge in [-0.1, -0.05) is 62.4 Å². The standard InChI is InChI=1S/C24H33NO4/c1-3-25(4-2)18-22(28-17-16-24(26)27)19-29-23-13-9-8-12-21(23)15-14-20-10-6-5-7-11-20/h5-13,22H,3-4,14-19H2,1-2H3,(H,26,27). The number of para-hydroxylation sites is 1. The fourth-order valence-electron chi connectivity index (χ4n) is 3.19. The largest absolute Gasteiger partial charge is 0.491 e. The van der Waals surface area contributed by atoms with Crippen LogP contribution in [0.1, 0.15) is 31.4 Å². The molecule has 0 saturated heterocycles. The SMILES string of the molecule is CCN(CC)CC(COc1ccccc1CCc1ccccc1)OCCC(=O)O. The summed E-state index contributed by atoms with van der Waals surface area (Å²) >= 11 is 0. The minimum Gasteiger partial charge on any atom is -0.491 e. The second-order valence-electron chi connectivity index (χ2n) is 7.03. The summed E-state index contributed by atoms with van der Waals surface area (Å²) < 4.78 is 12.0. The third kappa shape index (κ3) is 8.67. The molecule has 0 amide bonds. The Morgan fingerprint density at radius 1 is 1.00 bits per heavy atom. The van der Waals surface area contributed by atoms with E-state index in [1.54, 1.807) is 0 Å². The number of benzene rings is 2. The topological polar surface area (TPSA) is 59.0 Å². The molecule has 2 aromatic rings. The summed E-state index contributed by atoms with van der Waals surface area (Å²) in [4.78, 5) is 13.1. The van der Waals surface area contributed by atoms with Crippen LogP contribution in [0.4, 0.5) is 0 Å². The molecule has 0 heterocycles. The zero-order valence-electron chi connectivity index (χ0n) is 17.5. The number of carbonyl (C=O) groups is 1. The molecule has 5 heteroatoms. The van der Waals surface area contributed by atoms with E-state index in [4.69, 9.17) is 14.6 Å². The van der Waals surface area contributed by atoms with E-state index in [0.29, 0.717) is 6.61 Å². The lowest BCUT2D eigenvalue weighted by Crippen LogP contribution is -2.37. The van der Waals surface area contributed by atoms with Gasteiger partial charge in [0, 0.05) is 6.54 Å². The highest BCUT2D eigenvalue weighted by Crippen LogP contribution is 2.20. The number of carboxylic acids is 1. The van der Waals surface area contributed by atoms with Crippen molar-refractivity contribution in [2.45, 2.75) is 39.2 Å². The number of ether oxygens (including phenoxy) is 2. The Labute approximate surface area is 174 Å². The summed E-state index contributed by atoms with van der Waals surface area (Å²) in [6.45, 7) is 7.37. The zero-order valence-corrected chi connectivity index (χ0v) is 17.5. The quantitative estimate of drug-likeness (QED) is 0.519. The van der Waals surface area contributed by atoms with Crippen LogP contribution in [0.5, 0.6) is 5.75 Å². The predicted octanol–water partition coefficient (Wildman–Crippen LogP) is 4.05. The number of carboxylic acid groups (broad SMARTS) is 1. The van der Waals surface area contributed by atoms with Gasteiger partial charge in [0.25, 0.3) is 0 Å². The van der Waals surface area contributed by atoms with E-state index in [-0.39, 0.29) is 19.1 Å². The van der Waals surface area contributed by atoms with Gasteiger partial charge in [0.15, 0.2) is 0 Å². The van der Waals surface area contributed by atoms with Gasteiger partial charge in [-0.15, -0.1) is 0 Å². The summed E-state index contributed by atoms with van der Waals surface area (Å²) in [5.74, 6) is 0.0218. The van der Waals surface area contributed by atoms with Gasteiger partial charge in [-0.3, -0.25) is 4.79 Å². The second kappa shape index (κ2) is 13.0. The molecular formula is C24H33NO4. The summed E-state index contributed by atoms with van der Waals surface area (Å²) in [5, 5.41) is 8.88. The molecular weight excluding hydrogens is 366 g/mol. The molecule has 0 aromatic heterocycles. The van der Waals surface area contributed by atoms with E-state index in [2.05, 4.69) is 49.1 Å². The van der Waals surface area contributed by atoms with Gasteiger partial charge >= 0.3 is 5.97 Å². The van der Waals surface area contributed by atoms with Gasteiger partial charge < -0.3 is 19.5 Å². The fraction of sp³-hybridized carbons (Fsp3) is 0.458. The van der Waals surface area contributed by atoms with Crippen molar-refractivity contribution in [1.82, 2.24) is 4.90 Å². The van der Waals surface area contributed by atoms with Crippen molar-refractivity contribution in [2.75, 3.05) is 32.8 Å². The summed E-state index contributed by atoms with van der Waals surface area (Å²) in [5.41, 5.74) is 2.47. The van der Waals surface area contributed by atoms with Gasteiger partial charge in [-0.2, -0.15) is 0 Å². The van der Waals surface area contributed by atoms with E-state index >= 15 is 0 Å². The summed E-state index contributed by atoms with van der Waals surface area (Å²) in [6.07, 6.45) is 1.69. The van der Waals surface area contributed by atoms with Crippen LogP contribution in [0.2, 0.25) is 0 Å². The Morgan fingerprint density at radius 2 is 1.69 bits per heavy atom. The first-order valence-corrected chi connectivity index (χ1v) is 10.4. The monoisotopic (exact) mass is 399 g/mol. The first-order chi connectivity index (χ1) is 14.1. The maximum Gasteiger partial charge on any atom is 0.305 e. The average molecular weight is 400 g/mol. The van der Waals surface area contributed by atoms with Crippen LogP contribution in [0.3, 0.4) is 0 Å². The maximum absolute atomic E-state index is 10.8. The third-order valence-electron chi connectivity index (χ3n) is 4.95. The lowest BCUT2D eigenvalue weighted by molar-refractivity contribution is -0.139. The molecule has 2 aromatic carbocycles. The van der Waals surface area contributed by atoms with E-state index in [9.17, 15) is 4.79 Å². The van der Waals surface area contributed by atoms with E-state index in [0.717, 1.165) is 38.2 Å². The van der Waals surface area contributed by atoms with Gasteiger partial charge in [-0.25, -0.2) is 0 Å². The number of rotatable bonds is 14. The molecule has 0 saturated carbocycles. The molecule has 5 nitrogen and oxygen atoms in total.